The van der Waals surface area contributed by atoms with Gasteiger partial charge in [-0.1, -0.05) is 17.7 Å². The minimum absolute atomic E-state index is 0. The highest BCUT2D eigenvalue weighted by Crippen LogP contribution is 2.31. The van der Waals surface area contributed by atoms with Gasteiger partial charge >= 0.3 is 0 Å². The first-order chi connectivity index (χ1) is 11.0. The van der Waals surface area contributed by atoms with Crippen LogP contribution < -0.4 is 15.5 Å². The smallest absolute Gasteiger partial charge is 0.227 e. The number of halogens is 1. The molecule has 0 saturated carbocycles. The van der Waals surface area contributed by atoms with E-state index in [0.717, 1.165) is 29.9 Å². The normalized spacial score (nSPS) is 20.5. The maximum atomic E-state index is 12.4. The maximum absolute atomic E-state index is 12.4. The van der Waals surface area contributed by atoms with E-state index < -0.39 is 0 Å². The number of rotatable bonds is 4. The van der Waals surface area contributed by atoms with Gasteiger partial charge in [0.15, 0.2) is 0 Å². The number of benzene rings is 1. The van der Waals surface area contributed by atoms with E-state index in [9.17, 15) is 9.59 Å². The average molecular weight is 352 g/mol. The molecule has 1 aromatic carbocycles. The first-order valence-corrected chi connectivity index (χ1v) is 8.32. The molecule has 0 spiro atoms. The summed E-state index contributed by atoms with van der Waals surface area (Å²) < 4.78 is 0. The van der Waals surface area contributed by atoms with Gasteiger partial charge < -0.3 is 15.5 Å². The number of hydrogen-bond donors (Lipinski definition) is 2. The molecule has 2 saturated heterocycles. The zero-order valence-corrected chi connectivity index (χ0v) is 15.3. The fourth-order valence-electron chi connectivity index (χ4n) is 3.58. The molecular formula is C18H26ClN3O2. The molecule has 1 atom stereocenters. The molecule has 2 heterocycles. The quantitative estimate of drug-likeness (QED) is 0.868. The van der Waals surface area contributed by atoms with Gasteiger partial charge in [0.05, 0.1) is 5.92 Å². The second kappa shape index (κ2) is 7.53. The minimum atomic E-state index is -0.240. The molecule has 2 amide bonds. The number of nitrogens with zero attached hydrogens (tertiary/aromatic N) is 1. The van der Waals surface area contributed by atoms with Gasteiger partial charge in [-0.05, 0) is 31.9 Å². The lowest BCUT2D eigenvalue weighted by molar-refractivity contribution is -0.126. The second-order valence-electron chi connectivity index (χ2n) is 6.92. The topological polar surface area (TPSA) is 61.4 Å². The Morgan fingerprint density at radius 2 is 1.88 bits per heavy atom. The zero-order chi connectivity index (χ0) is 16.6. The van der Waals surface area contributed by atoms with Crippen molar-refractivity contribution in [1.82, 2.24) is 10.6 Å². The molecule has 0 radical (unpaired) electrons. The number of hydrogen-bond acceptors (Lipinski definition) is 3. The van der Waals surface area contributed by atoms with E-state index >= 15 is 0 Å². The van der Waals surface area contributed by atoms with Crippen LogP contribution in [0.15, 0.2) is 12.1 Å². The number of anilines is 1. The Bertz CT molecular complexity index is 620. The highest BCUT2D eigenvalue weighted by atomic mass is 35.5. The largest absolute Gasteiger partial charge is 0.355 e. The Morgan fingerprint density at radius 1 is 1.25 bits per heavy atom. The van der Waals surface area contributed by atoms with Crippen LogP contribution in [-0.4, -0.2) is 38.0 Å². The summed E-state index contributed by atoms with van der Waals surface area (Å²) in [6.45, 7) is 9.24. The highest BCUT2D eigenvalue weighted by Gasteiger charge is 2.36. The van der Waals surface area contributed by atoms with E-state index in [1.165, 1.54) is 5.56 Å². The third-order valence-corrected chi connectivity index (χ3v) is 4.83. The Balaban J connectivity index is 0.00000208. The Labute approximate surface area is 149 Å². The SMILES string of the molecule is Cc1cc(C)c(N2CC(C(=O)NCC3CNC3)CC2=O)c(C)c1.Cl. The molecule has 0 aliphatic carbocycles. The molecule has 2 aliphatic rings. The van der Waals surface area contributed by atoms with Gasteiger partial charge in [-0.2, -0.15) is 0 Å². The molecule has 0 bridgehead atoms. The lowest BCUT2D eigenvalue weighted by Crippen LogP contribution is -2.49. The lowest BCUT2D eigenvalue weighted by atomic mass is 10.0. The van der Waals surface area contributed by atoms with E-state index in [1.54, 1.807) is 4.90 Å². The van der Waals surface area contributed by atoms with Gasteiger partial charge in [0.1, 0.15) is 0 Å². The first-order valence-electron chi connectivity index (χ1n) is 8.32. The Kier molecular flexibility index (Phi) is 5.88. The molecule has 1 aromatic rings. The zero-order valence-electron chi connectivity index (χ0n) is 14.5. The summed E-state index contributed by atoms with van der Waals surface area (Å²) in [5, 5.41) is 6.19. The van der Waals surface area contributed by atoms with Crippen LogP contribution in [0, 0.1) is 32.6 Å². The van der Waals surface area contributed by atoms with Crippen LogP contribution in [0.4, 0.5) is 5.69 Å². The molecule has 3 rings (SSSR count). The third-order valence-electron chi connectivity index (χ3n) is 4.83. The van der Waals surface area contributed by atoms with E-state index in [2.05, 4.69) is 29.7 Å². The number of carbonyl (C=O) groups is 2. The van der Waals surface area contributed by atoms with Gasteiger partial charge in [0.2, 0.25) is 11.8 Å². The van der Waals surface area contributed by atoms with Crippen LogP contribution >= 0.6 is 12.4 Å². The highest BCUT2D eigenvalue weighted by molar-refractivity contribution is 6.01. The predicted molar refractivity (Wildman–Crippen MR) is 97.7 cm³/mol. The fourth-order valence-corrected chi connectivity index (χ4v) is 3.58. The van der Waals surface area contributed by atoms with Gasteiger partial charge in [-0.3, -0.25) is 9.59 Å². The molecule has 0 aromatic heterocycles. The van der Waals surface area contributed by atoms with Gasteiger partial charge in [-0.15, -0.1) is 12.4 Å². The summed E-state index contributed by atoms with van der Waals surface area (Å²) in [6, 6.07) is 4.18. The van der Waals surface area contributed by atoms with Crippen molar-refractivity contribution in [2.45, 2.75) is 27.2 Å². The summed E-state index contributed by atoms with van der Waals surface area (Å²) in [6.07, 6.45) is 0.307. The number of carbonyl (C=O) groups excluding carboxylic acids is 2. The molecule has 1 unspecified atom stereocenters. The lowest BCUT2D eigenvalue weighted by Gasteiger charge is -2.27. The van der Waals surface area contributed by atoms with E-state index in [1.807, 2.05) is 13.8 Å². The van der Waals surface area contributed by atoms with Crippen LogP contribution in [0.1, 0.15) is 23.1 Å². The molecule has 5 nitrogen and oxygen atoms in total. The van der Waals surface area contributed by atoms with Gasteiger partial charge in [0.25, 0.3) is 0 Å². The number of amides is 2. The summed E-state index contributed by atoms with van der Waals surface area (Å²) in [5.41, 5.74) is 4.35. The van der Waals surface area contributed by atoms with Gasteiger partial charge in [-0.25, -0.2) is 0 Å². The minimum Gasteiger partial charge on any atom is -0.355 e. The second-order valence-corrected chi connectivity index (χ2v) is 6.92. The van der Waals surface area contributed by atoms with Crippen molar-refractivity contribution in [3.8, 4) is 0 Å². The number of nitrogens with one attached hydrogen (secondary N) is 2. The Morgan fingerprint density at radius 3 is 2.42 bits per heavy atom. The monoisotopic (exact) mass is 351 g/mol. The maximum Gasteiger partial charge on any atom is 0.227 e. The molecule has 2 fully saturated rings. The number of aryl methyl sites for hydroxylation is 3. The summed E-state index contributed by atoms with van der Waals surface area (Å²) >= 11 is 0. The van der Waals surface area contributed by atoms with Gasteiger partial charge in [0, 0.05) is 44.2 Å². The van der Waals surface area contributed by atoms with E-state index in [-0.39, 0.29) is 30.1 Å². The molecule has 132 valence electrons. The van der Waals surface area contributed by atoms with Crippen LogP contribution in [0.5, 0.6) is 0 Å². The summed E-state index contributed by atoms with van der Waals surface area (Å²) in [5.74, 6) is 0.352. The van der Waals surface area contributed by atoms with E-state index in [0.29, 0.717) is 25.4 Å². The summed E-state index contributed by atoms with van der Waals surface area (Å²) in [7, 11) is 0. The molecular weight excluding hydrogens is 326 g/mol. The molecule has 6 heteroatoms. The predicted octanol–water partition coefficient (Wildman–Crippen LogP) is 1.72. The first kappa shape index (κ1) is 18.7. The van der Waals surface area contributed by atoms with Crippen LogP contribution in [0.2, 0.25) is 0 Å². The van der Waals surface area contributed by atoms with Crippen molar-refractivity contribution in [1.29, 1.82) is 0 Å². The Hall–Kier alpha value is -1.59. The van der Waals surface area contributed by atoms with Crippen molar-refractivity contribution < 1.29 is 9.59 Å². The summed E-state index contributed by atoms with van der Waals surface area (Å²) in [4.78, 5) is 26.5. The van der Waals surface area contributed by atoms with Crippen molar-refractivity contribution in [2.24, 2.45) is 11.8 Å². The molecule has 2 N–H and O–H groups in total. The average Bonchev–Trinajstić information content (AvgIpc) is 2.78. The standard InChI is InChI=1S/C18H25N3O2.ClH/c1-11-4-12(2)17(13(3)5-11)21-10-15(6-16(21)22)18(23)20-9-14-7-19-8-14;/h4-5,14-15,19H,6-10H2,1-3H3,(H,20,23);1H. The van der Waals surface area contributed by atoms with Crippen LogP contribution in [0.3, 0.4) is 0 Å². The molecule has 2 aliphatic heterocycles. The van der Waals surface area contributed by atoms with Crippen molar-refractivity contribution >= 4 is 29.9 Å². The van der Waals surface area contributed by atoms with Crippen molar-refractivity contribution in [2.75, 3.05) is 31.1 Å². The van der Waals surface area contributed by atoms with Crippen LogP contribution in [-0.2, 0) is 9.59 Å². The third kappa shape index (κ3) is 3.73. The van der Waals surface area contributed by atoms with E-state index in [4.69, 9.17) is 0 Å². The fraction of sp³-hybridized carbons (Fsp3) is 0.556. The van der Waals surface area contributed by atoms with Crippen molar-refractivity contribution in [3.63, 3.8) is 0 Å². The molecule has 24 heavy (non-hydrogen) atoms. The van der Waals surface area contributed by atoms with Crippen LogP contribution in [0.25, 0.3) is 0 Å². The van der Waals surface area contributed by atoms with Crippen molar-refractivity contribution in [3.05, 3.63) is 28.8 Å².